The third kappa shape index (κ3) is 2.25. The summed E-state index contributed by atoms with van der Waals surface area (Å²) in [6.07, 6.45) is 0. The molecule has 0 fully saturated rings. The van der Waals surface area contributed by atoms with Gasteiger partial charge in [-0.25, -0.2) is 4.98 Å². The van der Waals surface area contributed by atoms with E-state index in [9.17, 15) is 9.90 Å². The molecule has 2 aromatic heterocycles. The van der Waals surface area contributed by atoms with Crippen LogP contribution in [-0.2, 0) is 7.05 Å². The molecule has 0 radical (unpaired) electrons. The Morgan fingerprint density at radius 2 is 2.25 bits per heavy atom. The van der Waals surface area contributed by atoms with Crippen LogP contribution in [0.2, 0.25) is 0 Å². The van der Waals surface area contributed by atoms with Crippen molar-refractivity contribution in [2.45, 2.75) is 5.22 Å². The first-order valence-electron chi connectivity index (χ1n) is 5.69. The van der Waals surface area contributed by atoms with Crippen molar-refractivity contribution in [1.29, 1.82) is 0 Å². The quantitative estimate of drug-likeness (QED) is 0.396. The van der Waals surface area contributed by atoms with Crippen LogP contribution >= 0.6 is 11.8 Å². The first-order valence-corrected chi connectivity index (χ1v) is 6.68. The molecule has 3 rings (SSSR count). The first kappa shape index (κ1) is 12.7. The molecule has 0 aliphatic carbocycles. The molecule has 102 valence electrons. The summed E-state index contributed by atoms with van der Waals surface area (Å²) in [4.78, 5) is 16.2. The Hall–Kier alpha value is -2.35. The third-order valence-electron chi connectivity index (χ3n) is 2.63. The van der Waals surface area contributed by atoms with Crippen LogP contribution in [-0.4, -0.2) is 21.8 Å². The summed E-state index contributed by atoms with van der Waals surface area (Å²) >= 11 is 1.12. The zero-order chi connectivity index (χ0) is 14.1. The molecular weight excluding hydrogens is 282 g/mol. The second kappa shape index (κ2) is 4.97. The van der Waals surface area contributed by atoms with E-state index in [-0.39, 0.29) is 17.2 Å². The lowest BCUT2D eigenvalue weighted by Gasteiger charge is -1.94. The maximum Gasteiger partial charge on any atom is 0.300 e. The fourth-order valence-corrected chi connectivity index (χ4v) is 2.42. The molecule has 0 spiro atoms. The molecule has 0 unspecified atom stereocenters. The SMILES string of the molecule is C[n+]1noc([O-])c1C(=O)CSc1nc2ccccc2o1. The van der Waals surface area contributed by atoms with Crippen molar-refractivity contribution >= 4 is 28.6 Å². The van der Waals surface area contributed by atoms with Gasteiger partial charge in [0.05, 0.1) is 11.0 Å². The van der Waals surface area contributed by atoms with E-state index in [1.165, 1.54) is 7.05 Å². The van der Waals surface area contributed by atoms with Gasteiger partial charge in [0.1, 0.15) is 5.52 Å². The van der Waals surface area contributed by atoms with Gasteiger partial charge in [0.2, 0.25) is 5.78 Å². The van der Waals surface area contributed by atoms with E-state index in [2.05, 4.69) is 14.8 Å². The molecule has 0 saturated heterocycles. The number of fused-ring (bicyclic) bond motifs is 1. The van der Waals surface area contributed by atoms with Crippen molar-refractivity contribution in [3.05, 3.63) is 30.0 Å². The maximum absolute atomic E-state index is 11.9. The Morgan fingerprint density at radius 3 is 2.95 bits per heavy atom. The molecule has 0 bridgehead atoms. The Labute approximate surface area is 117 Å². The number of aryl methyl sites for hydroxylation is 1. The highest BCUT2D eigenvalue weighted by molar-refractivity contribution is 7.99. The molecule has 0 aliphatic rings. The largest absolute Gasteiger partial charge is 0.539 e. The lowest BCUT2D eigenvalue weighted by Crippen LogP contribution is -2.37. The van der Waals surface area contributed by atoms with Crippen LogP contribution in [0.25, 0.3) is 11.1 Å². The predicted molar refractivity (Wildman–Crippen MR) is 66.2 cm³/mol. The fourth-order valence-electron chi connectivity index (χ4n) is 1.72. The standard InChI is InChI=1S/C12H9N3O4S/c1-15-10(11(17)19-14-15)8(16)6-20-12-13-7-4-2-3-5-9(7)18-12/h2-5H,6H2,1H3. The molecule has 2 heterocycles. The van der Waals surface area contributed by atoms with Crippen LogP contribution in [0.1, 0.15) is 10.5 Å². The van der Waals surface area contributed by atoms with E-state index in [4.69, 9.17) is 4.42 Å². The molecular formula is C12H9N3O4S. The number of carbonyl (C=O) groups is 1. The molecule has 8 heteroatoms. The van der Waals surface area contributed by atoms with Crippen LogP contribution < -0.4 is 9.79 Å². The lowest BCUT2D eigenvalue weighted by molar-refractivity contribution is -0.741. The molecule has 0 N–H and O–H groups in total. The number of hydrogen-bond acceptors (Lipinski definition) is 7. The van der Waals surface area contributed by atoms with Gasteiger partial charge in [-0.1, -0.05) is 28.6 Å². The van der Waals surface area contributed by atoms with Gasteiger partial charge in [0.25, 0.3) is 10.9 Å². The van der Waals surface area contributed by atoms with Crippen LogP contribution in [0, 0.1) is 0 Å². The number of nitrogens with zero attached hydrogens (tertiary/aromatic N) is 3. The number of ketones is 1. The Bertz CT molecular complexity index is 727. The monoisotopic (exact) mass is 291 g/mol. The molecule has 1 aromatic carbocycles. The van der Waals surface area contributed by atoms with E-state index in [1.807, 2.05) is 18.2 Å². The number of carbonyl (C=O) groups excluding carboxylic acids is 1. The molecule has 0 amide bonds. The van der Waals surface area contributed by atoms with Gasteiger partial charge in [-0.15, -0.1) is 0 Å². The van der Waals surface area contributed by atoms with E-state index in [0.717, 1.165) is 22.0 Å². The molecule has 20 heavy (non-hydrogen) atoms. The number of thioether (sulfide) groups is 1. The summed E-state index contributed by atoms with van der Waals surface area (Å²) in [6, 6.07) is 7.31. The Kier molecular flexibility index (Phi) is 3.15. The number of hydrogen-bond donors (Lipinski definition) is 0. The van der Waals surface area contributed by atoms with Crippen LogP contribution in [0.15, 0.2) is 38.4 Å². The topological polar surface area (TPSA) is 96.1 Å². The minimum absolute atomic E-state index is 0.0249. The van der Waals surface area contributed by atoms with Gasteiger partial charge < -0.3 is 14.0 Å². The van der Waals surface area contributed by atoms with Gasteiger partial charge in [-0.3, -0.25) is 4.79 Å². The highest BCUT2D eigenvalue weighted by atomic mass is 32.2. The highest BCUT2D eigenvalue weighted by Crippen LogP contribution is 2.24. The average Bonchev–Trinajstić information content (AvgIpc) is 2.99. The summed E-state index contributed by atoms with van der Waals surface area (Å²) < 4.78 is 11.0. The van der Waals surface area contributed by atoms with Crippen molar-refractivity contribution in [3.8, 4) is 5.95 Å². The molecule has 3 aromatic rings. The van der Waals surface area contributed by atoms with E-state index < -0.39 is 5.95 Å². The summed E-state index contributed by atoms with van der Waals surface area (Å²) in [7, 11) is 1.47. The van der Waals surface area contributed by atoms with Gasteiger partial charge in [0.15, 0.2) is 18.6 Å². The predicted octanol–water partition coefficient (Wildman–Crippen LogP) is 0.689. The van der Waals surface area contributed by atoms with Crippen LogP contribution in [0.5, 0.6) is 5.95 Å². The number of oxazole rings is 1. The number of para-hydroxylation sites is 2. The van der Waals surface area contributed by atoms with Crippen molar-refractivity contribution in [1.82, 2.24) is 10.3 Å². The summed E-state index contributed by atoms with van der Waals surface area (Å²) in [5.74, 6) is -1.10. The van der Waals surface area contributed by atoms with Gasteiger partial charge in [-0.2, -0.15) is 0 Å². The van der Waals surface area contributed by atoms with Crippen LogP contribution in [0.4, 0.5) is 0 Å². The normalized spacial score (nSPS) is 11.1. The number of aromatic nitrogens is 3. The van der Waals surface area contributed by atoms with Crippen molar-refractivity contribution in [2.24, 2.45) is 7.05 Å². The molecule has 0 saturated carbocycles. The average molecular weight is 291 g/mol. The number of Topliss-reactive ketones (excluding diaryl/α,β-unsaturated/α-hetero) is 1. The van der Waals surface area contributed by atoms with Gasteiger partial charge in [-0.05, 0) is 12.1 Å². The van der Waals surface area contributed by atoms with Crippen molar-refractivity contribution < 1.29 is 23.5 Å². The van der Waals surface area contributed by atoms with Crippen molar-refractivity contribution in [2.75, 3.05) is 5.75 Å². The Balaban J connectivity index is 1.74. The maximum atomic E-state index is 11.9. The molecule has 0 atom stereocenters. The third-order valence-corrected chi connectivity index (χ3v) is 3.46. The fraction of sp³-hybridized carbons (Fsp3) is 0.167. The summed E-state index contributed by atoms with van der Waals surface area (Å²) in [5, 5.41) is 15.1. The smallest absolute Gasteiger partial charge is 0.300 e. The first-order chi connectivity index (χ1) is 9.65. The van der Waals surface area contributed by atoms with E-state index in [0.29, 0.717) is 10.8 Å². The molecule has 0 aliphatic heterocycles. The van der Waals surface area contributed by atoms with Gasteiger partial charge >= 0.3 is 0 Å². The highest BCUT2D eigenvalue weighted by Gasteiger charge is 2.23. The number of benzene rings is 1. The molecule has 7 nitrogen and oxygen atoms in total. The summed E-state index contributed by atoms with van der Waals surface area (Å²) in [6.45, 7) is 0. The van der Waals surface area contributed by atoms with Crippen LogP contribution in [0.3, 0.4) is 0 Å². The minimum atomic E-state index is -0.740. The lowest BCUT2D eigenvalue weighted by atomic mass is 10.3. The van der Waals surface area contributed by atoms with E-state index in [1.54, 1.807) is 6.07 Å². The zero-order valence-electron chi connectivity index (χ0n) is 10.4. The zero-order valence-corrected chi connectivity index (χ0v) is 11.2. The second-order valence-electron chi connectivity index (χ2n) is 3.99. The second-order valence-corrected chi connectivity index (χ2v) is 4.92. The van der Waals surface area contributed by atoms with E-state index >= 15 is 0 Å². The summed E-state index contributed by atoms with van der Waals surface area (Å²) in [5.41, 5.74) is 1.29. The minimum Gasteiger partial charge on any atom is -0.539 e. The number of rotatable bonds is 4. The van der Waals surface area contributed by atoms with Gasteiger partial charge in [0, 0.05) is 0 Å². The van der Waals surface area contributed by atoms with Crippen molar-refractivity contribution in [3.63, 3.8) is 0 Å². The Morgan fingerprint density at radius 1 is 1.45 bits per heavy atom.